The van der Waals surface area contributed by atoms with Crippen LogP contribution in [-0.4, -0.2) is 87.5 Å². The molecule has 7 heteroatoms. The Balaban J connectivity index is 1.46. The maximum absolute atomic E-state index is 5.96. The monoisotopic (exact) mass is 431 g/mol. The molecule has 2 fully saturated rings. The van der Waals surface area contributed by atoms with Crippen molar-refractivity contribution in [2.24, 2.45) is 10.9 Å². The zero-order valence-electron chi connectivity index (χ0n) is 19.6. The van der Waals surface area contributed by atoms with Crippen LogP contribution in [0.4, 0.5) is 0 Å². The Kier molecular flexibility index (Phi) is 10.1. The number of aliphatic imine (C=N–C) groups is 1. The van der Waals surface area contributed by atoms with Crippen molar-refractivity contribution in [3.8, 4) is 0 Å². The highest BCUT2D eigenvalue weighted by molar-refractivity contribution is 5.79. The Morgan fingerprint density at radius 3 is 2.45 bits per heavy atom. The normalized spacial score (nSPS) is 21.4. The van der Waals surface area contributed by atoms with Crippen LogP contribution in [0.15, 0.2) is 29.3 Å². The predicted octanol–water partition coefficient (Wildman–Crippen LogP) is 1.93. The molecule has 2 N–H and O–H groups in total. The van der Waals surface area contributed by atoms with E-state index in [1.807, 2.05) is 0 Å². The molecular formula is C24H41N5O2. The minimum Gasteiger partial charge on any atom is -0.379 e. The highest BCUT2D eigenvalue weighted by Crippen LogP contribution is 2.10. The van der Waals surface area contributed by atoms with Crippen LogP contribution in [0, 0.1) is 5.92 Å². The average molecular weight is 432 g/mol. The molecule has 1 atom stereocenters. The molecule has 3 rings (SSSR count). The molecule has 174 valence electrons. The lowest BCUT2D eigenvalue weighted by molar-refractivity contribution is -0.0284. The van der Waals surface area contributed by atoms with Gasteiger partial charge in [-0.1, -0.05) is 38.1 Å². The molecule has 0 aromatic heterocycles. The maximum Gasteiger partial charge on any atom is 0.191 e. The molecule has 1 aromatic rings. The summed E-state index contributed by atoms with van der Waals surface area (Å²) in [6.07, 6.45) is 0.204. The summed E-state index contributed by atoms with van der Waals surface area (Å²) in [4.78, 5) is 9.73. The van der Waals surface area contributed by atoms with E-state index in [0.29, 0.717) is 12.5 Å². The van der Waals surface area contributed by atoms with Crippen molar-refractivity contribution in [3.05, 3.63) is 35.4 Å². The lowest BCUT2D eigenvalue weighted by atomic mass is 10.1. The van der Waals surface area contributed by atoms with Gasteiger partial charge in [-0.15, -0.1) is 0 Å². The molecule has 0 amide bonds. The second kappa shape index (κ2) is 13.0. The highest BCUT2D eigenvalue weighted by Gasteiger charge is 2.21. The SMILES string of the molecule is CCNC(=NCc1ccc(CN2CCOCC2)cc1)NCC1CN(CC(C)C)CCO1. The van der Waals surface area contributed by atoms with E-state index in [1.54, 1.807) is 0 Å². The quantitative estimate of drug-likeness (QED) is 0.460. The Morgan fingerprint density at radius 2 is 1.74 bits per heavy atom. The standard InChI is InChI=1S/C24H41N5O2/c1-4-25-24(27-16-23-19-29(11-14-31-23)17-20(2)3)26-15-21-5-7-22(8-6-21)18-28-9-12-30-13-10-28/h5-8,20,23H,4,9-19H2,1-3H3,(H2,25,26,27). The number of guanidine groups is 1. The van der Waals surface area contributed by atoms with E-state index in [9.17, 15) is 0 Å². The number of benzene rings is 1. The van der Waals surface area contributed by atoms with E-state index < -0.39 is 0 Å². The Bertz CT molecular complexity index is 658. The van der Waals surface area contributed by atoms with E-state index >= 15 is 0 Å². The number of morpholine rings is 2. The summed E-state index contributed by atoms with van der Waals surface area (Å²) in [5.74, 6) is 1.54. The molecule has 0 radical (unpaired) electrons. The maximum atomic E-state index is 5.96. The van der Waals surface area contributed by atoms with Gasteiger partial charge in [-0.3, -0.25) is 9.80 Å². The largest absolute Gasteiger partial charge is 0.379 e. The first-order valence-corrected chi connectivity index (χ1v) is 11.9. The van der Waals surface area contributed by atoms with Gasteiger partial charge in [-0.2, -0.15) is 0 Å². The molecule has 2 heterocycles. The first-order valence-electron chi connectivity index (χ1n) is 11.9. The van der Waals surface area contributed by atoms with Crippen LogP contribution in [0.2, 0.25) is 0 Å². The molecular weight excluding hydrogens is 390 g/mol. The van der Waals surface area contributed by atoms with Crippen molar-refractivity contribution in [1.82, 2.24) is 20.4 Å². The summed E-state index contributed by atoms with van der Waals surface area (Å²) < 4.78 is 11.4. The van der Waals surface area contributed by atoms with Gasteiger partial charge < -0.3 is 20.1 Å². The van der Waals surface area contributed by atoms with Crippen molar-refractivity contribution in [3.63, 3.8) is 0 Å². The first kappa shape index (κ1) is 24.0. The van der Waals surface area contributed by atoms with Gasteiger partial charge in [0.15, 0.2) is 5.96 Å². The van der Waals surface area contributed by atoms with E-state index in [4.69, 9.17) is 14.5 Å². The third-order valence-corrected chi connectivity index (χ3v) is 5.64. The molecule has 0 aliphatic carbocycles. The minimum atomic E-state index is 0.204. The van der Waals surface area contributed by atoms with Gasteiger partial charge in [0.2, 0.25) is 0 Å². The number of nitrogens with one attached hydrogen (secondary N) is 2. The lowest BCUT2D eigenvalue weighted by Crippen LogP contribution is -2.50. The molecule has 2 aliphatic rings. The summed E-state index contributed by atoms with van der Waals surface area (Å²) >= 11 is 0. The Morgan fingerprint density at radius 1 is 1.03 bits per heavy atom. The van der Waals surface area contributed by atoms with Crippen molar-refractivity contribution in [2.75, 3.05) is 65.6 Å². The topological polar surface area (TPSA) is 61.4 Å². The summed E-state index contributed by atoms with van der Waals surface area (Å²) in [7, 11) is 0. The molecule has 0 saturated carbocycles. The van der Waals surface area contributed by atoms with Crippen molar-refractivity contribution >= 4 is 5.96 Å². The van der Waals surface area contributed by atoms with Crippen LogP contribution < -0.4 is 10.6 Å². The number of rotatable bonds is 9. The van der Waals surface area contributed by atoms with Gasteiger partial charge in [-0.05, 0) is 24.0 Å². The summed E-state index contributed by atoms with van der Waals surface area (Å²) in [6, 6.07) is 8.83. The summed E-state index contributed by atoms with van der Waals surface area (Å²) in [5, 5.41) is 6.82. The second-order valence-electron chi connectivity index (χ2n) is 8.93. The van der Waals surface area contributed by atoms with Gasteiger partial charge in [0.05, 0.1) is 32.5 Å². The predicted molar refractivity (Wildman–Crippen MR) is 126 cm³/mol. The van der Waals surface area contributed by atoms with Crippen LogP contribution in [0.5, 0.6) is 0 Å². The van der Waals surface area contributed by atoms with Crippen LogP contribution >= 0.6 is 0 Å². The molecule has 0 spiro atoms. The fourth-order valence-corrected chi connectivity index (χ4v) is 4.08. The van der Waals surface area contributed by atoms with Crippen LogP contribution in [-0.2, 0) is 22.6 Å². The van der Waals surface area contributed by atoms with Gasteiger partial charge in [0, 0.05) is 52.4 Å². The second-order valence-corrected chi connectivity index (χ2v) is 8.93. The zero-order chi connectivity index (χ0) is 21.9. The highest BCUT2D eigenvalue weighted by atomic mass is 16.5. The lowest BCUT2D eigenvalue weighted by Gasteiger charge is -2.34. The number of hydrogen-bond acceptors (Lipinski definition) is 5. The Hall–Kier alpha value is -1.67. The summed E-state index contributed by atoms with van der Waals surface area (Å²) in [5.41, 5.74) is 2.57. The van der Waals surface area contributed by atoms with Gasteiger partial charge in [0.25, 0.3) is 0 Å². The molecule has 2 saturated heterocycles. The molecule has 1 unspecified atom stereocenters. The van der Waals surface area contributed by atoms with E-state index in [2.05, 4.69) is 65.5 Å². The van der Waals surface area contributed by atoms with Crippen LogP contribution in [0.1, 0.15) is 31.9 Å². The smallest absolute Gasteiger partial charge is 0.191 e. The van der Waals surface area contributed by atoms with E-state index in [-0.39, 0.29) is 6.10 Å². The number of hydrogen-bond donors (Lipinski definition) is 2. The van der Waals surface area contributed by atoms with Gasteiger partial charge in [-0.25, -0.2) is 4.99 Å². The molecule has 0 bridgehead atoms. The van der Waals surface area contributed by atoms with Crippen molar-refractivity contribution in [1.29, 1.82) is 0 Å². The average Bonchev–Trinajstić information content (AvgIpc) is 2.77. The van der Waals surface area contributed by atoms with Crippen LogP contribution in [0.25, 0.3) is 0 Å². The fraction of sp³-hybridized carbons (Fsp3) is 0.708. The minimum absolute atomic E-state index is 0.204. The fourth-order valence-electron chi connectivity index (χ4n) is 4.08. The van der Waals surface area contributed by atoms with Crippen LogP contribution in [0.3, 0.4) is 0 Å². The third kappa shape index (κ3) is 8.77. The molecule has 7 nitrogen and oxygen atoms in total. The summed E-state index contributed by atoms with van der Waals surface area (Å²) in [6.45, 7) is 17.6. The van der Waals surface area contributed by atoms with E-state index in [0.717, 1.165) is 78.1 Å². The van der Waals surface area contributed by atoms with Gasteiger partial charge >= 0.3 is 0 Å². The molecule has 2 aliphatic heterocycles. The molecule has 1 aromatic carbocycles. The number of ether oxygens (including phenoxy) is 2. The van der Waals surface area contributed by atoms with Gasteiger partial charge in [0.1, 0.15) is 0 Å². The first-order chi connectivity index (χ1) is 15.1. The Labute approximate surface area is 188 Å². The molecule has 31 heavy (non-hydrogen) atoms. The zero-order valence-corrected chi connectivity index (χ0v) is 19.6. The van der Waals surface area contributed by atoms with Crippen molar-refractivity contribution in [2.45, 2.75) is 40.0 Å². The van der Waals surface area contributed by atoms with Crippen molar-refractivity contribution < 1.29 is 9.47 Å². The third-order valence-electron chi connectivity index (χ3n) is 5.64. The van der Waals surface area contributed by atoms with E-state index in [1.165, 1.54) is 11.1 Å². The number of nitrogens with zero attached hydrogens (tertiary/aromatic N) is 3.